The number of amides is 1. The van der Waals surface area contributed by atoms with Crippen molar-refractivity contribution >= 4 is 11.9 Å². The van der Waals surface area contributed by atoms with Gasteiger partial charge in [0.15, 0.2) is 0 Å². The number of hydrogen-bond acceptors (Lipinski definition) is 4. The highest BCUT2D eigenvalue weighted by atomic mass is 16.5. The number of carbonyl (C=O) groups is 2. The van der Waals surface area contributed by atoms with Crippen molar-refractivity contribution in [2.45, 2.75) is 13.8 Å². The molecule has 0 aromatic heterocycles. The molecule has 1 amide bonds. The number of nitrogens with zero attached hydrogens (tertiary/aromatic N) is 1. The molecule has 0 heterocycles. The number of ether oxygens (including phenoxy) is 1. The number of carboxylic acids is 1. The van der Waals surface area contributed by atoms with Gasteiger partial charge in [-0.3, -0.25) is 9.59 Å². The second-order valence-corrected chi connectivity index (χ2v) is 4.50. The van der Waals surface area contributed by atoms with Crippen LogP contribution in [0.5, 0.6) is 0 Å². The summed E-state index contributed by atoms with van der Waals surface area (Å²) in [4.78, 5) is 24.4. The van der Waals surface area contributed by atoms with E-state index in [1.807, 2.05) is 11.9 Å². The van der Waals surface area contributed by atoms with E-state index in [2.05, 4.69) is 5.32 Å². The predicted octanol–water partition coefficient (Wildman–Crippen LogP) is 0.0376. The van der Waals surface area contributed by atoms with Gasteiger partial charge in [-0.25, -0.2) is 0 Å². The van der Waals surface area contributed by atoms with Crippen LogP contribution in [-0.4, -0.2) is 62.3 Å². The van der Waals surface area contributed by atoms with Gasteiger partial charge < -0.3 is 20.1 Å². The molecule has 0 saturated heterocycles. The second kappa shape index (κ2) is 8.88. The van der Waals surface area contributed by atoms with Crippen molar-refractivity contribution in [2.24, 2.45) is 11.8 Å². The molecule has 0 rings (SSSR count). The van der Waals surface area contributed by atoms with Crippen LogP contribution in [0.25, 0.3) is 0 Å². The van der Waals surface area contributed by atoms with Gasteiger partial charge in [0.05, 0.1) is 12.5 Å². The zero-order valence-corrected chi connectivity index (χ0v) is 11.6. The van der Waals surface area contributed by atoms with Crippen molar-refractivity contribution < 1.29 is 19.4 Å². The largest absolute Gasteiger partial charge is 0.481 e. The summed E-state index contributed by atoms with van der Waals surface area (Å²) in [6, 6.07) is 0. The van der Waals surface area contributed by atoms with E-state index in [4.69, 9.17) is 9.84 Å². The lowest BCUT2D eigenvalue weighted by molar-refractivity contribution is -0.146. The highest BCUT2D eigenvalue weighted by Crippen LogP contribution is 2.10. The van der Waals surface area contributed by atoms with E-state index in [-0.39, 0.29) is 5.91 Å². The molecule has 18 heavy (non-hydrogen) atoms. The number of rotatable bonds is 9. The Bertz CT molecular complexity index is 271. The van der Waals surface area contributed by atoms with Gasteiger partial charge in [-0.15, -0.1) is 0 Å². The molecule has 0 spiro atoms. The summed E-state index contributed by atoms with van der Waals surface area (Å²) in [6.07, 6.45) is 0. The van der Waals surface area contributed by atoms with Gasteiger partial charge in [-0.05, 0) is 7.05 Å². The summed E-state index contributed by atoms with van der Waals surface area (Å²) < 4.78 is 4.94. The molecule has 0 aliphatic rings. The van der Waals surface area contributed by atoms with E-state index in [0.29, 0.717) is 19.7 Å². The number of methoxy groups -OCH3 is 1. The Hall–Kier alpha value is -1.14. The Kier molecular flexibility index (Phi) is 8.32. The average molecular weight is 260 g/mol. The molecule has 0 aromatic rings. The van der Waals surface area contributed by atoms with Crippen molar-refractivity contribution in [3.8, 4) is 0 Å². The second-order valence-electron chi connectivity index (χ2n) is 4.50. The number of aliphatic carboxylic acids is 1. The first-order chi connectivity index (χ1) is 8.40. The molecule has 0 saturated carbocycles. The maximum Gasteiger partial charge on any atom is 0.307 e. The zero-order valence-electron chi connectivity index (χ0n) is 11.6. The fraction of sp³-hybridized carbons (Fsp3) is 0.833. The summed E-state index contributed by atoms with van der Waals surface area (Å²) in [5.41, 5.74) is 0. The Morgan fingerprint density at radius 2 is 1.89 bits per heavy atom. The molecule has 0 aliphatic heterocycles. The Balaban J connectivity index is 3.86. The fourth-order valence-corrected chi connectivity index (χ4v) is 1.33. The van der Waals surface area contributed by atoms with Crippen molar-refractivity contribution in [3.63, 3.8) is 0 Å². The average Bonchev–Trinajstić information content (AvgIpc) is 2.34. The molecule has 106 valence electrons. The third-order valence-corrected chi connectivity index (χ3v) is 3.02. The number of likely N-dealkylation sites (N-methyl/N-ethyl adjacent to an activating group) is 1. The number of hydrogen-bond donors (Lipinski definition) is 2. The van der Waals surface area contributed by atoms with E-state index < -0.39 is 17.8 Å². The summed E-state index contributed by atoms with van der Waals surface area (Å²) in [5.74, 6) is -2.36. The third-order valence-electron chi connectivity index (χ3n) is 3.02. The molecule has 0 fully saturated rings. The van der Waals surface area contributed by atoms with Crippen molar-refractivity contribution in [1.29, 1.82) is 0 Å². The quantitative estimate of drug-likeness (QED) is 0.612. The van der Waals surface area contributed by atoms with Crippen molar-refractivity contribution in [1.82, 2.24) is 10.2 Å². The van der Waals surface area contributed by atoms with Gasteiger partial charge in [0.1, 0.15) is 0 Å². The van der Waals surface area contributed by atoms with E-state index in [9.17, 15) is 9.59 Å². The summed E-state index contributed by atoms with van der Waals surface area (Å²) in [5, 5.41) is 11.6. The smallest absolute Gasteiger partial charge is 0.307 e. The fourth-order valence-electron chi connectivity index (χ4n) is 1.33. The van der Waals surface area contributed by atoms with E-state index in [1.54, 1.807) is 14.0 Å². The molecule has 2 N–H and O–H groups in total. The zero-order chi connectivity index (χ0) is 14.1. The molecular weight excluding hydrogens is 236 g/mol. The van der Waals surface area contributed by atoms with Crippen LogP contribution in [0, 0.1) is 11.8 Å². The first kappa shape index (κ1) is 16.9. The predicted molar refractivity (Wildman–Crippen MR) is 68.3 cm³/mol. The number of carbonyl (C=O) groups excluding carboxylic acids is 1. The van der Waals surface area contributed by atoms with E-state index in [0.717, 1.165) is 6.54 Å². The van der Waals surface area contributed by atoms with Crippen LogP contribution in [0.2, 0.25) is 0 Å². The SMILES string of the molecule is COCCN(C)CCNC(=O)C(C)C(C)C(=O)O. The molecule has 0 aromatic carbocycles. The summed E-state index contributed by atoms with van der Waals surface area (Å²) in [6.45, 7) is 5.84. The lowest BCUT2D eigenvalue weighted by Crippen LogP contribution is -2.39. The van der Waals surface area contributed by atoms with Crippen LogP contribution in [0.15, 0.2) is 0 Å². The van der Waals surface area contributed by atoms with Crippen LogP contribution >= 0.6 is 0 Å². The molecule has 2 unspecified atom stereocenters. The molecule has 0 bridgehead atoms. The van der Waals surface area contributed by atoms with Gasteiger partial charge in [-0.1, -0.05) is 13.8 Å². The summed E-state index contributed by atoms with van der Waals surface area (Å²) in [7, 11) is 3.58. The topological polar surface area (TPSA) is 78.9 Å². The lowest BCUT2D eigenvalue weighted by Gasteiger charge is -2.19. The minimum absolute atomic E-state index is 0.218. The monoisotopic (exact) mass is 260 g/mol. The Morgan fingerprint density at radius 1 is 1.28 bits per heavy atom. The maximum absolute atomic E-state index is 11.7. The van der Waals surface area contributed by atoms with Gasteiger partial charge >= 0.3 is 5.97 Å². The Labute approximate surface area is 108 Å². The minimum atomic E-state index is -0.949. The van der Waals surface area contributed by atoms with Crippen LogP contribution < -0.4 is 5.32 Å². The standard InChI is InChI=1S/C12H24N2O4/c1-9(10(2)12(16)17)11(15)13-5-6-14(3)7-8-18-4/h9-10H,5-8H2,1-4H3,(H,13,15)(H,16,17). The van der Waals surface area contributed by atoms with Crippen LogP contribution in [0.4, 0.5) is 0 Å². The Morgan fingerprint density at radius 3 is 2.39 bits per heavy atom. The molecule has 6 nitrogen and oxygen atoms in total. The molecular formula is C12H24N2O4. The van der Waals surface area contributed by atoms with Crippen LogP contribution in [0.3, 0.4) is 0 Å². The molecule has 0 radical (unpaired) electrons. The third kappa shape index (κ3) is 6.56. The molecule has 0 aliphatic carbocycles. The van der Waals surface area contributed by atoms with Gasteiger partial charge in [-0.2, -0.15) is 0 Å². The highest BCUT2D eigenvalue weighted by Gasteiger charge is 2.25. The van der Waals surface area contributed by atoms with Crippen LogP contribution in [-0.2, 0) is 14.3 Å². The number of carboxylic acid groups (broad SMARTS) is 1. The van der Waals surface area contributed by atoms with Crippen molar-refractivity contribution in [3.05, 3.63) is 0 Å². The van der Waals surface area contributed by atoms with Crippen LogP contribution in [0.1, 0.15) is 13.8 Å². The van der Waals surface area contributed by atoms with E-state index in [1.165, 1.54) is 6.92 Å². The minimum Gasteiger partial charge on any atom is -0.481 e. The highest BCUT2D eigenvalue weighted by molar-refractivity contribution is 5.84. The van der Waals surface area contributed by atoms with Gasteiger partial charge in [0.2, 0.25) is 5.91 Å². The first-order valence-corrected chi connectivity index (χ1v) is 6.08. The summed E-state index contributed by atoms with van der Waals surface area (Å²) >= 11 is 0. The van der Waals surface area contributed by atoms with Crippen molar-refractivity contribution in [2.75, 3.05) is 40.4 Å². The van der Waals surface area contributed by atoms with Gasteiger partial charge in [0, 0.05) is 32.7 Å². The number of nitrogens with one attached hydrogen (secondary N) is 1. The van der Waals surface area contributed by atoms with Gasteiger partial charge in [0.25, 0.3) is 0 Å². The molecule has 2 atom stereocenters. The normalized spacial score (nSPS) is 14.3. The first-order valence-electron chi connectivity index (χ1n) is 6.08. The molecule has 6 heteroatoms. The lowest BCUT2D eigenvalue weighted by atomic mass is 9.95. The van der Waals surface area contributed by atoms with E-state index >= 15 is 0 Å². The maximum atomic E-state index is 11.7.